The van der Waals surface area contributed by atoms with Crippen molar-refractivity contribution in [3.8, 4) is 0 Å². The molecular weight excluding hydrogens is 340 g/mol. The Bertz CT molecular complexity index is 549. The van der Waals surface area contributed by atoms with E-state index in [1.54, 1.807) is 0 Å². The van der Waals surface area contributed by atoms with Crippen LogP contribution in [0.25, 0.3) is 0 Å². The molecule has 0 aromatic carbocycles. The summed E-state index contributed by atoms with van der Waals surface area (Å²) in [6, 6.07) is -0.0968. The van der Waals surface area contributed by atoms with E-state index in [1.807, 2.05) is 13.8 Å². The van der Waals surface area contributed by atoms with E-state index in [9.17, 15) is 5.21 Å². The summed E-state index contributed by atoms with van der Waals surface area (Å²) in [5.74, 6) is 1.21. The number of hydrogen-bond acceptors (Lipinski definition) is 9. The second-order valence-electron chi connectivity index (χ2n) is 5.02. The molecule has 0 saturated carbocycles. The fourth-order valence-corrected chi connectivity index (χ4v) is 1.33. The summed E-state index contributed by atoms with van der Waals surface area (Å²) in [6.07, 6.45) is 1.96. The smallest absolute Gasteiger partial charge is 0.354 e. The van der Waals surface area contributed by atoms with Crippen molar-refractivity contribution in [3.63, 3.8) is 0 Å². The molecule has 0 fully saturated rings. The fraction of sp³-hybridized carbons (Fsp3) is 0.750. The molecule has 1 aromatic heterocycles. The van der Waals surface area contributed by atoms with E-state index in [1.165, 1.54) is 0 Å². The number of hydrogen-bond donors (Lipinski definition) is 5. The Labute approximate surface area is 142 Å². The normalized spacial score (nSPS) is 10.8. The molecule has 0 aliphatic heterocycles. The van der Waals surface area contributed by atoms with Gasteiger partial charge in [-0.3, -0.25) is 14.3 Å². The van der Waals surface area contributed by atoms with E-state index in [0.29, 0.717) is 11.9 Å². The molecule has 5 N–H and O–H groups in total. The summed E-state index contributed by atoms with van der Waals surface area (Å²) >= 11 is 0. The third-order valence-corrected chi connectivity index (χ3v) is 2.38. The number of anilines is 3. The van der Waals surface area contributed by atoms with Crippen molar-refractivity contribution in [2.24, 2.45) is 0 Å². The molecule has 1 heterocycles. The summed E-state index contributed by atoms with van der Waals surface area (Å²) in [6.45, 7) is 9.42. The molecule has 11 nitrogen and oxygen atoms in total. The molecule has 0 amide bonds. The minimum absolute atomic E-state index is 0.0968. The second kappa shape index (κ2) is 10.9. The van der Waals surface area contributed by atoms with Crippen LogP contribution in [0.15, 0.2) is 0 Å². The minimum atomic E-state index is -4.67. The van der Waals surface area contributed by atoms with Gasteiger partial charge >= 0.3 is 10.4 Å². The molecule has 0 saturated heterocycles. The monoisotopic (exact) mass is 366 g/mol. The van der Waals surface area contributed by atoms with E-state index in [-0.39, 0.29) is 12.0 Å². The van der Waals surface area contributed by atoms with Gasteiger partial charge in [-0.05, 0) is 26.7 Å². The second-order valence-corrected chi connectivity index (χ2v) is 5.92. The molecule has 0 aliphatic rings. The summed E-state index contributed by atoms with van der Waals surface area (Å²) < 4.78 is 31.6. The van der Waals surface area contributed by atoms with Crippen LogP contribution in [0.4, 0.5) is 17.8 Å². The molecule has 24 heavy (non-hydrogen) atoms. The lowest BCUT2D eigenvalue weighted by Crippen LogP contribution is -2.29. The first-order chi connectivity index (χ1) is 11.1. The van der Waals surface area contributed by atoms with Crippen LogP contribution in [0, 0.1) is 0 Å². The number of nitrogens with one attached hydrogen (secondary N) is 2. The zero-order valence-electron chi connectivity index (χ0n) is 14.3. The lowest BCUT2D eigenvalue weighted by Gasteiger charge is -2.19. The van der Waals surface area contributed by atoms with Gasteiger partial charge in [0.25, 0.3) is 5.95 Å². The van der Waals surface area contributed by atoms with Crippen molar-refractivity contribution in [1.82, 2.24) is 15.0 Å². The maximum absolute atomic E-state index is 9.92. The van der Waals surface area contributed by atoms with E-state index in [4.69, 9.17) is 17.5 Å². The van der Waals surface area contributed by atoms with Crippen LogP contribution in [-0.2, 0) is 10.4 Å². The third kappa shape index (κ3) is 10.9. The highest BCUT2D eigenvalue weighted by Crippen LogP contribution is 2.14. The molecule has 140 valence electrons. The van der Waals surface area contributed by atoms with Crippen LogP contribution in [0.2, 0.25) is 0 Å². The Hall–Kier alpha value is -1.76. The molecular formula is C12H26N6O5S. The van der Waals surface area contributed by atoms with Crippen LogP contribution < -0.4 is 15.7 Å². The highest BCUT2D eigenvalue weighted by molar-refractivity contribution is 7.79. The predicted octanol–water partition coefficient (Wildman–Crippen LogP) is 1.47. The number of rotatable bonds is 8. The molecule has 0 unspecified atom stereocenters. The van der Waals surface area contributed by atoms with Crippen molar-refractivity contribution in [2.45, 2.75) is 46.6 Å². The largest absolute Gasteiger partial charge is 0.394 e. The van der Waals surface area contributed by atoms with E-state index in [0.717, 1.165) is 31.0 Å². The quantitative estimate of drug-likeness (QED) is 0.334. The van der Waals surface area contributed by atoms with Crippen LogP contribution in [0.3, 0.4) is 0 Å². The van der Waals surface area contributed by atoms with Crippen molar-refractivity contribution in [2.75, 3.05) is 28.8 Å². The highest BCUT2D eigenvalue weighted by Gasteiger charge is 2.14. The van der Waals surface area contributed by atoms with Gasteiger partial charge < -0.3 is 10.6 Å². The average Bonchev–Trinajstić information content (AvgIpc) is 2.48. The van der Waals surface area contributed by atoms with E-state index in [2.05, 4.69) is 39.4 Å². The van der Waals surface area contributed by atoms with Crippen molar-refractivity contribution in [1.29, 1.82) is 0 Å². The van der Waals surface area contributed by atoms with Crippen molar-refractivity contribution < 1.29 is 22.7 Å². The molecule has 12 heteroatoms. The van der Waals surface area contributed by atoms with Gasteiger partial charge in [-0.15, -0.1) is 0 Å². The van der Waals surface area contributed by atoms with Gasteiger partial charge in [0.2, 0.25) is 11.9 Å². The summed E-state index contributed by atoms with van der Waals surface area (Å²) in [7, 11) is -4.67. The van der Waals surface area contributed by atoms with Crippen LogP contribution in [-0.4, -0.2) is 56.8 Å². The summed E-state index contributed by atoms with van der Waals surface area (Å²) in [4.78, 5) is 12.7. The van der Waals surface area contributed by atoms with Gasteiger partial charge in [-0.2, -0.15) is 23.4 Å². The fourth-order valence-electron chi connectivity index (χ4n) is 1.33. The maximum atomic E-state index is 9.92. The predicted molar refractivity (Wildman–Crippen MR) is 91.0 cm³/mol. The molecule has 1 aromatic rings. The first kappa shape index (κ1) is 22.2. The van der Waals surface area contributed by atoms with Crippen LogP contribution in [0.5, 0.6) is 0 Å². The topological polar surface area (TPSA) is 161 Å². The van der Waals surface area contributed by atoms with Gasteiger partial charge in [0.15, 0.2) is 0 Å². The van der Waals surface area contributed by atoms with Gasteiger partial charge in [0, 0.05) is 13.1 Å². The van der Waals surface area contributed by atoms with Gasteiger partial charge in [-0.25, -0.2) is 5.06 Å². The first-order valence-corrected chi connectivity index (χ1v) is 8.89. The highest BCUT2D eigenvalue weighted by atomic mass is 32.3. The third-order valence-electron chi connectivity index (χ3n) is 2.38. The molecule has 0 atom stereocenters. The summed E-state index contributed by atoms with van der Waals surface area (Å²) in [5.41, 5.74) is 0. The van der Waals surface area contributed by atoms with Gasteiger partial charge in [0.05, 0.1) is 6.04 Å². The molecule has 0 spiro atoms. The standard InChI is InChI=1S/C12H24N6O.H2O4S/c1-5-7-13-10-15-11(14-8-6-2)17-12(16-10)18(19)9(3)4;1-5(2,3)4/h9,19H,5-8H2,1-4H3,(H2,13,14,15,16,17);(H2,1,2,3,4). The summed E-state index contributed by atoms with van der Waals surface area (Å²) in [5, 5.41) is 17.2. The van der Waals surface area contributed by atoms with Gasteiger partial charge in [-0.1, -0.05) is 13.8 Å². The molecule has 1 rings (SSSR count). The minimum Gasteiger partial charge on any atom is -0.354 e. The Balaban J connectivity index is 0.000000922. The Morgan fingerprint density at radius 2 is 1.38 bits per heavy atom. The van der Waals surface area contributed by atoms with Crippen molar-refractivity contribution >= 4 is 28.2 Å². The number of hydroxylamine groups is 1. The zero-order chi connectivity index (χ0) is 18.8. The maximum Gasteiger partial charge on any atom is 0.394 e. The zero-order valence-corrected chi connectivity index (χ0v) is 15.1. The Morgan fingerprint density at radius 3 is 1.67 bits per heavy atom. The Morgan fingerprint density at radius 1 is 1.00 bits per heavy atom. The number of aromatic nitrogens is 3. The van der Waals surface area contributed by atoms with Gasteiger partial charge in [0.1, 0.15) is 0 Å². The lowest BCUT2D eigenvalue weighted by atomic mass is 10.4. The lowest BCUT2D eigenvalue weighted by molar-refractivity contribution is 0.222. The molecule has 0 aliphatic carbocycles. The number of nitrogens with zero attached hydrogens (tertiary/aromatic N) is 4. The SMILES string of the molecule is CCCNc1nc(NCCC)nc(N(O)C(C)C)n1.O=S(=O)(O)O. The van der Waals surface area contributed by atoms with Crippen molar-refractivity contribution in [3.05, 3.63) is 0 Å². The van der Waals surface area contributed by atoms with Crippen LogP contribution >= 0.6 is 0 Å². The molecule has 0 bridgehead atoms. The van der Waals surface area contributed by atoms with Crippen LogP contribution in [0.1, 0.15) is 40.5 Å². The average molecular weight is 366 g/mol. The molecule has 0 radical (unpaired) electrons. The Kier molecular flexibility index (Phi) is 10.1. The van der Waals surface area contributed by atoms with E-state index < -0.39 is 10.4 Å². The first-order valence-electron chi connectivity index (χ1n) is 7.50. The van der Waals surface area contributed by atoms with E-state index >= 15 is 0 Å².